The lowest BCUT2D eigenvalue weighted by Gasteiger charge is -2.26. The molecular weight excluding hydrogens is 228 g/mol. The predicted octanol–water partition coefficient (Wildman–Crippen LogP) is 5.71. The first-order valence-corrected chi connectivity index (χ1v) is 8.56. The standard InChI is InChI=1S/C19H26/c1-3-7-14(8-4-1)18-16-11-12-17(13-16)19(18)15-9-5-2-6-10-15/h11-12,16-17H,1-10,13H2. The highest BCUT2D eigenvalue weighted by Gasteiger charge is 2.38. The van der Waals surface area contributed by atoms with Gasteiger partial charge < -0.3 is 0 Å². The molecule has 3 fully saturated rings. The average Bonchev–Trinajstić information content (AvgIpc) is 3.10. The molecule has 4 rings (SSSR count). The van der Waals surface area contributed by atoms with E-state index in [9.17, 15) is 0 Å². The molecule has 0 nitrogen and oxygen atoms in total. The lowest BCUT2D eigenvalue weighted by molar-refractivity contribution is 0.580. The lowest BCUT2D eigenvalue weighted by atomic mass is 9.79. The van der Waals surface area contributed by atoms with Crippen LogP contribution in [0.5, 0.6) is 0 Å². The van der Waals surface area contributed by atoms with Crippen LogP contribution in [0.2, 0.25) is 0 Å². The quantitative estimate of drug-likeness (QED) is 0.485. The van der Waals surface area contributed by atoms with Crippen LogP contribution < -0.4 is 0 Å². The van der Waals surface area contributed by atoms with Crippen molar-refractivity contribution in [2.75, 3.05) is 0 Å². The van der Waals surface area contributed by atoms with Crippen LogP contribution in [0.1, 0.15) is 70.6 Å². The Morgan fingerprint density at radius 1 is 0.579 bits per heavy atom. The van der Waals surface area contributed by atoms with Crippen LogP contribution in [0.25, 0.3) is 0 Å². The molecule has 0 amide bonds. The summed E-state index contributed by atoms with van der Waals surface area (Å²) in [5.41, 5.74) is 7.42. The van der Waals surface area contributed by atoms with Crippen LogP contribution in [0.15, 0.2) is 34.4 Å². The molecule has 2 atom stereocenters. The van der Waals surface area contributed by atoms with Crippen molar-refractivity contribution in [1.29, 1.82) is 0 Å². The zero-order valence-corrected chi connectivity index (χ0v) is 12.1. The number of rotatable bonds is 0. The molecule has 0 aromatic carbocycles. The summed E-state index contributed by atoms with van der Waals surface area (Å²) in [6.07, 6.45) is 20.8. The third-order valence-electron chi connectivity index (χ3n) is 5.79. The van der Waals surface area contributed by atoms with Gasteiger partial charge in [-0.05, 0) is 68.9 Å². The van der Waals surface area contributed by atoms with Gasteiger partial charge in [0.2, 0.25) is 0 Å². The van der Waals surface area contributed by atoms with E-state index in [0.717, 1.165) is 11.8 Å². The second-order valence-electron chi connectivity index (χ2n) is 6.99. The van der Waals surface area contributed by atoms with E-state index in [-0.39, 0.29) is 0 Å². The predicted molar refractivity (Wildman–Crippen MR) is 81.0 cm³/mol. The summed E-state index contributed by atoms with van der Waals surface area (Å²) < 4.78 is 0. The Hall–Kier alpha value is -0.780. The Kier molecular flexibility index (Phi) is 3.13. The van der Waals surface area contributed by atoms with Crippen molar-refractivity contribution in [2.24, 2.45) is 11.8 Å². The van der Waals surface area contributed by atoms with Crippen LogP contribution in [-0.2, 0) is 0 Å². The fourth-order valence-electron chi connectivity index (χ4n) is 4.93. The lowest BCUT2D eigenvalue weighted by Crippen LogP contribution is -2.09. The van der Waals surface area contributed by atoms with Crippen LogP contribution in [0.4, 0.5) is 0 Å². The minimum atomic E-state index is 0.808. The van der Waals surface area contributed by atoms with E-state index in [2.05, 4.69) is 12.2 Å². The van der Waals surface area contributed by atoms with E-state index in [1.807, 2.05) is 22.3 Å². The van der Waals surface area contributed by atoms with E-state index >= 15 is 0 Å². The summed E-state index contributed by atoms with van der Waals surface area (Å²) in [5, 5.41) is 0. The molecular formula is C19H26. The van der Waals surface area contributed by atoms with E-state index in [1.54, 1.807) is 0 Å². The maximum Gasteiger partial charge on any atom is 0.00294 e. The molecule has 3 saturated carbocycles. The van der Waals surface area contributed by atoms with Crippen LogP contribution in [0, 0.1) is 11.8 Å². The highest BCUT2D eigenvalue weighted by atomic mass is 14.4. The zero-order valence-electron chi connectivity index (χ0n) is 12.1. The van der Waals surface area contributed by atoms with Crippen molar-refractivity contribution in [3.05, 3.63) is 34.4 Å². The van der Waals surface area contributed by atoms with Gasteiger partial charge in [0, 0.05) is 11.8 Å². The molecule has 0 heterocycles. The molecule has 102 valence electrons. The van der Waals surface area contributed by atoms with Crippen molar-refractivity contribution >= 4 is 0 Å². The molecule has 0 aromatic heterocycles. The highest BCUT2D eigenvalue weighted by molar-refractivity contribution is 5.53. The average molecular weight is 254 g/mol. The first-order valence-electron chi connectivity index (χ1n) is 8.56. The van der Waals surface area contributed by atoms with Gasteiger partial charge in [0.1, 0.15) is 0 Å². The molecule has 0 saturated heterocycles. The largest absolute Gasteiger partial charge is 0.0804 e. The molecule has 0 aliphatic heterocycles. The summed E-state index contributed by atoms with van der Waals surface area (Å²) >= 11 is 0. The molecule has 0 aromatic rings. The highest BCUT2D eigenvalue weighted by Crippen LogP contribution is 2.52. The second-order valence-corrected chi connectivity index (χ2v) is 6.99. The first-order chi connectivity index (χ1) is 9.43. The fourth-order valence-corrected chi connectivity index (χ4v) is 4.93. The third-order valence-corrected chi connectivity index (χ3v) is 5.79. The van der Waals surface area contributed by atoms with Crippen molar-refractivity contribution in [3.8, 4) is 0 Å². The minimum absolute atomic E-state index is 0.808. The van der Waals surface area contributed by atoms with Gasteiger partial charge in [-0.25, -0.2) is 0 Å². The Morgan fingerprint density at radius 2 is 1.00 bits per heavy atom. The van der Waals surface area contributed by atoms with Gasteiger partial charge in [0.25, 0.3) is 0 Å². The van der Waals surface area contributed by atoms with E-state index in [1.165, 1.54) is 70.6 Å². The third kappa shape index (κ3) is 2.04. The van der Waals surface area contributed by atoms with Gasteiger partial charge in [-0.1, -0.05) is 36.1 Å². The summed E-state index contributed by atoms with van der Waals surface area (Å²) in [4.78, 5) is 0. The second kappa shape index (κ2) is 4.96. The number of allylic oxidation sites excluding steroid dienone is 6. The van der Waals surface area contributed by atoms with E-state index < -0.39 is 0 Å². The zero-order chi connectivity index (χ0) is 12.7. The van der Waals surface area contributed by atoms with Crippen molar-refractivity contribution in [2.45, 2.75) is 70.6 Å². The maximum absolute atomic E-state index is 2.52. The van der Waals surface area contributed by atoms with Crippen molar-refractivity contribution in [3.63, 3.8) is 0 Å². The van der Waals surface area contributed by atoms with Gasteiger partial charge in [0.05, 0.1) is 0 Å². The van der Waals surface area contributed by atoms with Gasteiger partial charge in [-0.3, -0.25) is 0 Å². The SMILES string of the molecule is C1=CC2CC1C(=C1CCCCC1)C2=C1CCCCC1. The monoisotopic (exact) mass is 254 g/mol. The maximum atomic E-state index is 2.52. The number of hydrogen-bond acceptors (Lipinski definition) is 0. The summed E-state index contributed by atoms with van der Waals surface area (Å²) in [6.45, 7) is 0. The summed E-state index contributed by atoms with van der Waals surface area (Å²) in [6, 6.07) is 0. The van der Waals surface area contributed by atoms with Gasteiger partial charge in [-0.15, -0.1) is 0 Å². The van der Waals surface area contributed by atoms with E-state index in [4.69, 9.17) is 0 Å². The molecule has 0 radical (unpaired) electrons. The number of hydrogen-bond donors (Lipinski definition) is 0. The molecule has 0 N–H and O–H groups in total. The van der Waals surface area contributed by atoms with Crippen LogP contribution >= 0.6 is 0 Å². The topological polar surface area (TPSA) is 0 Å². The minimum Gasteiger partial charge on any atom is -0.0804 e. The normalized spacial score (nSPS) is 34.5. The molecule has 2 unspecified atom stereocenters. The first kappa shape index (κ1) is 12.0. The van der Waals surface area contributed by atoms with E-state index in [0.29, 0.717) is 0 Å². The molecule has 0 heteroatoms. The molecule has 19 heavy (non-hydrogen) atoms. The van der Waals surface area contributed by atoms with Gasteiger partial charge >= 0.3 is 0 Å². The molecule has 2 bridgehead atoms. The Labute approximate surface area is 117 Å². The molecule has 4 aliphatic rings. The number of fused-ring (bicyclic) bond motifs is 2. The van der Waals surface area contributed by atoms with Gasteiger partial charge in [-0.2, -0.15) is 0 Å². The van der Waals surface area contributed by atoms with Crippen molar-refractivity contribution < 1.29 is 0 Å². The Bertz CT molecular complexity index is 402. The summed E-state index contributed by atoms with van der Waals surface area (Å²) in [7, 11) is 0. The summed E-state index contributed by atoms with van der Waals surface area (Å²) in [5.74, 6) is 1.62. The van der Waals surface area contributed by atoms with Crippen LogP contribution in [0.3, 0.4) is 0 Å². The van der Waals surface area contributed by atoms with Crippen LogP contribution in [-0.4, -0.2) is 0 Å². The smallest absolute Gasteiger partial charge is 0.00294 e. The van der Waals surface area contributed by atoms with Crippen molar-refractivity contribution in [1.82, 2.24) is 0 Å². The Morgan fingerprint density at radius 3 is 1.42 bits per heavy atom. The fraction of sp³-hybridized carbons (Fsp3) is 0.684. The van der Waals surface area contributed by atoms with Gasteiger partial charge in [0.15, 0.2) is 0 Å². The Balaban J connectivity index is 1.77. The molecule has 4 aliphatic carbocycles. The molecule has 0 spiro atoms.